The third-order valence-electron chi connectivity index (χ3n) is 2.21. The van der Waals surface area contributed by atoms with E-state index in [0.29, 0.717) is 22.2 Å². The topological polar surface area (TPSA) is 59.4 Å². The first-order chi connectivity index (χ1) is 7.61. The molecule has 1 amide bonds. The number of nitrogens with zero attached hydrogens (tertiary/aromatic N) is 2. The second kappa shape index (κ2) is 4.09. The van der Waals surface area contributed by atoms with Crippen LogP contribution in [-0.4, -0.2) is 10.9 Å². The standard InChI is InChI=1S/C11H7BrN2O2/c1-6-4-9(11(15)14-16)8-3-2-7(12)5-10(8)13-6/h2-5H,1H3. The van der Waals surface area contributed by atoms with Gasteiger partial charge in [-0.3, -0.25) is 9.78 Å². The molecule has 0 radical (unpaired) electrons. The van der Waals surface area contributed by atoms with E-state index in [-0.39, 0.29) is 0 Å². The van der Waals surface area contributed by atoms with Gasteiger partial charge >= 0.3 is 5.91 Å². The van der Waals surface area contributed by atoms with Gasteiger partial charge in [0.1, 0.15) is 0 Å². The van der Waals surface area contributed by atoms with Crippen molar-refractivity contribution in [1.82, 2.24) is 4.98 Å². The molecule has 4 nitrogen and oxygen atoms in total. The Morgan fingerprint density at radius 2 is 2.12 bits per heavy atom. The molecular weight excluding hydrogens is 272 g/mol. The molecule has 1 aromatic heterocycles. The Bertz CT molecular complexity index is 591. The number of aromatic nitrogens is 1. The van der Waals surface area contributed by atoms with Gasteiger partial charge < -0.3 is 0 Å². The Morgan fingerprint density at radius 1 is 1.38 bits per heavy atom. The van der Waals surface area contributed by atoms with E-state index in [4.69, 9.17) is 0 Å². The predicted molar refractivity (Wildman–Crippen MR) is 64.3 cm³/mol. The Morgan fingerprint density at radius 3 is 2.81 bits per heavy atom. The molecule has 2 rings (SSSR count). The maximum Gasteiger partial charge on any atom is 0.317 e. The molecular formula is C11H7BrN2O2. The van der Waals surface area contributed by atoms with Crippen LogP contribution in [0.5, 0.6) is 0 Å². The van der Waals surface area contributed by atoms with Gasteiger partial charge in [-0.05, 0) is 25.1 Å². The minimum absolute atomic E-state index is 0.296. The van der Waals surface area contributed by atoms with E-state index in [1.807, 2.05) is 0 Å². The van der Waals surface area contributed by atoms with E-state index < -0.39 is 5.91 Å². The second-order valence-corrected chi connectivity index (χ2v) is 4.28. The summed E-state index contributed by atoms with van der Waals surface area (Å²) in [5.74, 6) is -0.766. The van der Waals surface area contributed by atoms with Crippen LogP contribution in [0.15, 0.2) is 33.9 Å². The largest absolute Gasteiger partial charge is 0.317 e. The molecule has 0 bridgehead atoms. The molecule has 5 heteroatoms. The number of rotatable bonds is 1. The lowest BCUT2D eigenvalue weighted by Gasteiger charge is -2.03. The summed E-state index contributed by atoms with van der Waals surface area (Å²) in [5.41, 5.74) is 1.64. The number of hydrogen-bond acceptors (Lipinski definition) is 3. The summed E-state index contributed by atoms with van der Waals surface area (Å²) < 4.78 is 0.871. The number of pyridine rings is 1. The SMILES string of the molecule is Cc1cc(C(=O)N=O)c2ccc(Br)cc2n1. The van der Waals surface area contributed by atoms with E-state index >= 15 is 0 Å². The van der Waals surface area contributed by atoms with Gasteiger partial charge in [0, 0.05) is 20.7 Å². The summed E-state index contributed by atoms with van der Waals surface area (Å²) in [6.07, 6.45) is 0. The molecule has 0 atom stereocenters. The number of halogens is 1. The first kappa shape index (κ1) is 10.9. The van der Waals surface area contributed by atoms with Crippen LogP contribution in [0.4, 0.5) is 0 Å². The van der Waals surface area contributed by atoms with Gasteiger partial charge in [0.05, 0.1) is 11.1 Å². The molecule has 0 aliphatic heterocycles. The van der Waals surface area contributed by atoms with Crippen LogP contribution >= 0.6 is 15.9 Å². The lowest BCUT2D eigenvalue weighted by atomic mass is 10.1. The normalized spacial score (nSPS) is 10.4. The van der Waals surface area contributed by atoms with Crippen LogP contribution in [0, 0.1) is 11.8 Å². The molecule has 0 saturated heterocycles. The molecule has 2 aromatic rings. The Hall–Kier alpha value is -1.62. The lowest BCUT2D eigenvalue weighted by Crippen LogP contribution is -1.98. The van der Waals surface area contributed by atoms with Crippen molar-refractivity contribution >= 4 is 32.7 Å². The fraction of sp³-hybridized carbons (Fsp3) is 0.0909. The number of hydrogen-bond donors (Lipinski definition) is 0. The van der Waals surface area contributed by atoms with E-state index in [1.165, 1.54) is 0 Å². The quantitative estimate of drug-likeness (QED) is 0.753. The van der Waals surface area contributed by atoms with Gasteiger partial charge in [0.2, 0.25) is 0 Å². The molecule has 0 aliphatic carbocycles. The number of benzene rings is 1. The summed E-state index contributed by atoms with van der Waals surface area (Å²) in [6.45, 7) is 1.77. The summed E-state index contributed by atoms with van der Waals surface area (Å²) in [5, 5.41) is 3.08. The molecule has 1 heterocycles. The Balaban J connectivity index is 2.82. The number of carbonyl (C=O) groups is 1. The Labute approximate surface area is 99.8 Å². The van der Waals surface area contributed by atoms with Gasteiger partial charge in [0.25, 0.3) is 0 Å². The van der Waals surface area contributed by atoms with Crippen molar-refractivity contribution in [2.75, 3.05) is 0 Å². The zero-order valence-corrected chi connectivity index (χ0v) is 9.98. The van der Waals surface area contributed by atoms with Gasteiger partial charge in [0.15, 0.2) is 0 Å². The molecule has 0 unspecified atom stereocenters. The fourth-order valence-electron chi connectivity index (χ4n) is 1.56. The number of aryl methyl sites for hydroxylation is 1. The number of nitroso groups, excluding NO2 is 1. The molecule has 1 aromatic carbocycles. The first-order valence-electron chi connectivity index (χ1n) is 4.56. The van der Waals surface area contributed by atoms with Crippen molar-refractivity contribution in [2.24, 2.45) is 5.18 Å². The summed E-state index contributed by atoms with van der Waals surface area (Å²) in [4.78, 5) is 25.9. The number of carbonyl (C=O) groups excluding carboxylic acids is 1. The van der Waals surface area contributed by atoms with Crippen LogP contribution in [-0.2, 0) is 0 Å². The third kappa shape index (κ3) is 1.86. The predicted octanol–water partition coefficient (Wildman–Crippen LogP) is 3.21. The van der Waals surface area contributed by atoms with Crippen molar-refractivity contribution in [2.45, 2.75) is 6.92 Å². The average Bonchev–Trinajstić information content (AvgIpc) is 2.26. The minimum atomic E-state index is -0.766. The molecule has 0 N–H and O–H groups in total. The highest BCUT2D eigenvalue weighted by molar-refractivity contribution is 9.10. The smallest absolute Gasteiger partial charge is 0.263 e. The van der Waals surface area contributed by atoms with Crippen LogP contribution in [0.25, 0.3) is 10.9 Å². The van der Waals surface area contributed by atoms with E-state index in [1.54, 1.807) is 31.2 Å². The first-order valence-corrected chi connectivity index (χ1v) is 5.35. The van der Waals surface area contributed by atoms with Crippen LogP contribution in [0.2, 0.25) is 0 Å². The summed E-state index contributed by atoms with van der Waals surface area (Å²) in [6, 6.07) is 6.90. The zero-order chi connectivity index (χ0) is 11.7. The zero-order valence-electron chi connectivity index (χ0n) is 8.40. The summed E-state index contributed by atoms with van der Waals surface area (Å²) in [7, 11) is 0. The minimum Gasteiger partial charge on any atom is -0.263 e. The highest BCUT2D eigenvalue weighted by atomic mass is 79.9. The van der Waals surface area contributed by atoms with Gasteiger partial charge in [-0.25, -0.2) is 0 Å². The molecule has 80 valence electrons. The summed E-state index contributed by atoms with van der Waals surface area (Å²) >= 11 is 3.33. The van der Waals surface area contributed by atoms with Crippen molar-refractivity contribution in [3.8, 4) is 0 Å². The number of fused-ring (bicyclic) bond motifs is 1. The van der Waals surface area contributed by atoms with Crippen molar-refractivity contribution in [1.29, 1.82) is 0 Å². The van der Waals surface area contributed by atoms with Crippen molar-refractivity contribution in [3.63, 3.8) is 0 Å². The van der Waals surface area contributed by atoms with Gasteiger partial charge in [-0.15, -0.1) is 4.91 Å². The molecule has 0 spiro atoms. The van der Waals surface area contributed by atoms with Gasteiger partial charge in [-0.1, -0.05) is 22.0 Å². The maximum atomic E-state index is 11.3. The highest BCUT2D eigenvalue weighted by Gasteiger charge is 2.12. The molecule has 0 saturated carbocycles. The van der Waals surface area contributed by atoms with Crippen LogP contribution in [0.1, 0.15) is 16.1 Å². The second-order valence-electron chi connectivity index (χ2n) is 3.37. The maximum absolute atomic E-state index is 11.3. The highest BCUT2D eigenvalue weighted by Crippen LogP contribution is 2.22. The molecule has 0 fully saturated rings. The van der Waals surface area contributed by atoms with Crippen molar-refractivity contribution < 1.29 is 4.79 Å². The lowest BCUT2D eigenvalue weighted by molar-refractivity contribution is 0.100. The molecule has 16 heavy (non-hydrogen) atoms. The monoisotopic (exact) mass is 278 g/mol. The van der Waals surface area contributed by atoms with E-state index in [2.05, 4.69) is 26.1 Å². The average molecular weight is 279 g/mol. The fourth-order valence-corrected chi connectivity index (χ4v) is 1.91. The van der Waals surface area contributed by atoms with E-state index in [0.717, 1.165) is 4.47 Å². The van der Waals surface area contributed by atoms with Crippen LogP contribution in [0.3, 0.4) is 0 Å². The van der Waals surface area contributed by atoms with Crippen molar-refractivity contribution in [3.05, 3.63) is 44.9 Å². The molecule has 0 aliphatic rings. The van der Waals surface area contributed by atoms with Gasteiger partial charge in [-0.2, -0.15) is 0 Å². The Kier molecular flexibility index (Phi) is 2.78. The third-order valence-corrected chi connectivity index (χ3v) is 2.71. The van der Waals surface area contributed by atoms with Crippen LogP contribution < -0.4 is 0 Å². The number of amides is 1. The van der Waals surface area contributed by atoms with E-state index in [9.17, 15) is 9.70 Å².